The van der Waals surface area contributed by atoms with E-state index in [4.69, 9.17) is 11.6 Å². The monoisotopic (exact) mass is 234 g/mol. The number of aryl methyl sites for hydroxylation is 1. The lowest BCUT2D eigenvalue weighted by atomic mass is 10.0. The summed E-state index contributed by atoms with van der Waals surface area (Å²) in [4.78, 5) is 0. The van der Waals surface area contributed by atoms with Gasteiger partial charge in [0.1, 0.15) is 5.82 Å². The zero-order valence-corrected chi connectivity index (χ0v) is 9.76. The molecule has 0 atom stereocenters. The molecule has 0 aromatic heterocycles. The van der Waals surface area contributed by atoms with Crippen LogP contribution in [0.3, 0.4) is 0 Å². The molecule has 82 valence electrons. The van der Waals surface area contributed by atoms with Crippen LogP contribution in [0.1, 0.15) is 16.7 Å². The Balaban J connectivity index is 2.27. The maximum absolute atomic E-state index is 13.0. The summed E-state index contributed by atoms with van der Waals surface area (Å²) in [6.45, 7) is 2.00. The molecule has 0 N–H and O–H groups in total. The fourth-order valence-corrected chi connectivity index (χ4v) is 1.96. The van der Waals surface area contributed by atoms with Crippen molar-refractivity contribution < 1.29 is 4.39 Å². The van der Waals surface area contributed by atoms with Crippen molar-refractivity contribution in [2.45, 2.75) is 13.3 Å². The average molecular weight is 235 g/mol. The van der Waals surface area contributed by atoms with E-state index in [0.29, 0.717) is 6.42 Å². The molecule has 0 amide bonds. The minimum atomic E-state index is -0.208. The van der Waals surface area contributed by atoms with E-state index in [9.17, 15) is 4.39 Å². The third-order valence-electron chi connectivity index (χ3n) is 2.49. The molecule has 0 heterocycles. The van der Waals surface area contributed by atoms with Gasteiger partial charge in [-0.2, -0.15) is 0 Å². The van der Waals surface area contributed by atoms with E-state index in [2.05, 4.69) is 0 Å². The second-order valence-corrected chi connectivity index (χ2v) is 4.31. The van der Waals surface area contributed by atoms with Gasteiger partial charge in [0.2, 0.25) is 0 Å². The van der Waals surface area contributed by atoms with Crippen LogP contribution in [0, 0.1) is 12.7 Å². The molecule has 0 radical (unpaired) electrons. The van der Waals surface area contributed by atoms with Gasteiger partial charge in [-0.3, -0.25) is 0 Å². The summed E-state index contributed by atoms with van der Waals surface area (Å²) >= 11 is 6.13. The van der Waals surface area contributed by atoms with Gasteiger partial charge in [0.15, 0.2) is 0 Å². The van der Waals surface area contributed by atoms with Crippen molar-refractivity contribution in [3.8, 4) is 0 Å². The SMILES string of the molecule is Cc1ccc(Cc2cccc(F)c2)c(Cl)c1. The molecule has 0 bridgehead atoms. The highest BCUT2D eigenvalue weighted by atomic mass is 35.5. The Morgan fingerprint density at radius 2 is 1.94 bits per heavy atom. The molecule has 2 aromatic rings. The van der Waals surface area contributed by atoms with Gasteiger partial charge in [-0.15, -0.1) is 0 Å². The van der Waals surface area contributed by atoms with Crippen molar-refractivity contribution in [2.75, 3.05) is 0 Å². The van der Waals surface area contributed by atoms with Gasteiger partial charge in [-0.25, -0.2) is 4.39 Å². The molecule has 0 aliphatic heterocycles. The highest BCUT2D eigenvalue weighted by Gasteiger charge is 2.02. The zero-order valence-electron chi connectivity index (χ0n) is 9.00. The molecule has 0 aliphatic carbocycles. The number of hydrogen-bond donors (Lipinski definition) is 0. The Hall–Kier alpha value is -1.34. The van der Waals surface area contributed by atoms with Crippen LogP contribution in [-0.2, 0) is 6.42 Å². The van der Waals surface area contributed by atoms with Crippen molar-refractivity contribution in [2.24, 2.45) is 0 Å². The van der Waals surface area contributed by atoms with E-state index < -0.39 is 0 Å². The molecule has 0 nitrogen and oxygen atoms in total. The fraction of sp³-hybridized carbons (Fsp3) is 0.143. The summed E-state index contributed by atoms with van der Waals surface area (Å²) in [6, 6.07) is 12.5. The minimum Gasteiger partial charge on any atom is -0.207 e. The Bertz CT molecular complexity index is 506. The van der Waals surface area contributed by atoms with Gasteiger partial charge in [0, 0.05) is 5.02 Å². The highest BCUT2D eigenvalue weighted by Crippen LogP contribution is 2.21. The van der Waals surface area contributed by atoms with Crippen molar-refractivity contribution in [1.29, 1.82) is 0 Å². The Morgan fingerprint density at radius 1 is 1.12 bits per heavy atom. The van der Waals surface area contributed by atoms with Crippen LogP contribution in [0.25, 0.3) is 0 Å². The van der Waals surface area contributed by atoms with E-state index in [1.165, 1.54) is 12.1 Å². The molecule has 0 spiro atoms. The second kappa shape index (κ2) is 4.67. The molecular formula is C14H12ClF. The van der Waals surface area contributed by atoms with Gasteiger partial charge in [0.05, 0.1) is 0 Å². The highest BCUT2D eigenvalue weighted by molar-refractivity contribution is 6.31. The first-order valence-corrected chi connectivity index (χ1v) is 5.52. The van der Waals surface area contributed by atoms with Crippen molar-refractivity contribution in [3.05, 3.63) is 70.0 Å². The first-order chi connectivity index (χ1) is 7.65. The topological polar surface area (TPSA) is 0 Å². The third kappa shape index (κ3) is 2.61. The lowest BCUT2D eigenvalue weighted by Crippen LogP contribution is -1.90. The maximum Gasteiger partial charge on any atom is 0.123 e. The van der Waals surface area contributed by atoms with Crippen LogP contribution in [0.5, 0.6) is 0 Å². The van der Waals surface area contributed by atoms with Gasteiger partial charge in [-0.05, 0) is 48.2 Å². The van der Waals surface area contributed by atoms with Crippen molar-refractivity contribution in [1.82, 2.24) is 0 Å². The summed E-state index contributed by atoms with van der Waals surface area (Å²) in [5, 5.41) is 0.740. The summed E-state index contributed by atoms with van der Waals surface area (Å²) < 4.78 is 13.0. The predicted molar refractivity (Wildman–Crippen MR) is 65.4 cm³/mol. The van der Waals surface area contributed by atoms with Crippen LogP contribution in [-0.4, -0.2) is 0 Å². The maximum atomic E-state index is 13.0. The quantitative estimate of drug-likeness (QED) is 0.724. The minimum absolute atomic E-state index is 0.208. The molecule has 0 aliphatic rings. The average Bonchev–Trinajstić information content (AvgIpc) is 2.22. The van der Waals surface area contributed by atoms with Gasteiger partial charge in [0.25, 0.3) is 0 Å². The van der Waals surface area contributed by atoms with Crippen LogP contribution < -0.4 is 0 Å². The first-order valence-electron chi connectivity index (χ1n) is 5.14. The van der Waals surface area contributed by atoms with E-state index in [1.54, 1.807) is 6.07 Å². The summed E-state index contributed by atoms with van der Waals surface area (Å²) in [7, 11) is 0. The lowest BCUT2D eigenvalue weighted by molar-refractivity contribution is 0.626. The molecule has 2 heteroatoms. The largest absolute Gasteiger partial charge is 0.207 e. The molecule has 16 heavy (non-hydrogen) atoms. The molecule has 0 fully saturated rings. The van der Waals surface area contributed by atoms with Crippen LogP contribution in [0.4, 0.5) is 4.39 Å². The van der Waals surface area contributed by atoms with E-state index in [-0.39, 0.29) is 5.82 Å². The van der Waals surface area contributed by atoms with E-state index in [1.807, 2.05) is 31.2 Å². The van der Waals surface area contributed by atoms with Gasteiger partial charge < -0.3 is 0 Å². The molecular weight excluding hydrogens is 223 g/mol. The number of halogens is 2. The smallest absolute Gasteiger partial charge is 0.123 e. The predicted octanol–water partition coefficient (Wildman–Crippen LogP) is 4.38. The lowest BCUT2D eigenvalue weighted by Gasteiger charge is -2.05. The molecule has 2 aromatic carbocycles. The fourth-order valence-electron chi connectivity index (χ4n) is 1.66. The van der Waals surface area contributed by atoms with E-state index >= 15 is 0 Å². The van der Waals surface area contributed by atoms with Crippen LogP contribution in [0.15, 0.2) is 42.5 Å². The Labute approximate surface area is 99.7 Å². The molecule has 0 saturated carbocycles. The van der Waals surface area contributed by atoms with Crippen LogP contribution >= 0.6 is 11.6 Å². The third-order valence-corrected chi connectivity index (χ3v) is 2.84. The zero-order chi connectivity index (χ0) is 11.5. The Morgan fingerprint density at radius 3 is 2.62 bits per heavy atom. The van der Waals surface area contributed by atoms with Gasteiger partial charge in [-0.1, -0.05) is 35.9 Å². The number of hydrogen-bond acceptors (Lipinski definition) is 0. The van der Waals surface area contributed by atoms with Crippen molar-refractivity contribution >= 4 is 11.6 Å². The van der Waals surface area contributed by atoms with Gasteiger partial charge >= 0.3 is 0 Å². The molecule has 0 unspecified atom stereocenters. The summed E-state index contributed by atoms with van der Waals surface area (Å²) in [5.74, 6) is -0.208. The second-order valence-electron chi connectivity index (χ2n) is 3.90. The first kappa shape index (κ1) is 11.2. The Kier molecular flexibility index (Phi) is 3.25. The van der Waals surface area contributed by atoms with Crippen molar-refractivity contribution in [3.63, 3.8) is 0 Å². The standard InChI is InChI=1S/C14H12ClF/c1-10-5-6-12(14(15)7-10)8-11-3-2-4-13(16)9-11/h2-7,9H,8H2,1H3. The normalized spacial score (nSPS) is 10.4. The number of benzene rings is 2. The number of rotatable bonds is 2. The molecule has 2 rings (SSSR count). The van der Waals surface area contributed by atoms with Crippen LogP contribution in [0.2, 0.25) is 5.02 Å². The molecule has 0 saturated heterocycles. The van der Waals surface area contributed by atoms with E-state index in [0.717, 1.165) is 21.7 Å². The summed E-state index contributed by atoms with van der Waals surface area (Å²) in [6.07, 6.45) is 0.664. The summed E-state index contributed by atoms with van der Waals surface area (Å²) in [5.41, 5.74) is 3.09.